The zero-order valence-corrected chi connectivity index (χ0v) is 7.47. The van der Waals surface area contributed by atoms with Crippen LogP contribution in [0.1, 0.15) is 5.56 Å². The number of pyridine rings is 1. The van der Waals surface area contributed by atoms with E-state index >= 15 is 0 Å². The number of aryl methyl sites for hydroxylation is 1. The van der Waals surface area contributed by atoms with Crippen LogP contribution in [0.5, 0.6) is 0 Å². The Morgan fingerprint density at radius 3 is 2.83 bits per heavy atom. The highest BCUT2D eigenvalue weighted by atomic mass is 35.5. The predicted molar refractivity (Wildman–Crippen MR) is 51.5 cm³/mol. The van der Waals surface area contributed by atoms with Crippen LogP contribution in [0.2, 0.25) is 5.15 Å². The van der Waals surface area contributed by atoms with Gasteiger partial charge in [0.1, 0.15) is 5.15 Å². The van der Waals surface area contributed by atoms with Gasteiger partial charge in [0.15, 0.2) is 0 Å². The van der Waals surface area contributed by atoms with Crippen LogP contribution in [0, 0.1) is 6.92 Å². The zero-order chi connectivity index (χ0) is 8.55. The third-order valence-corrected chi connectivity index (χ3v) is 2.10. The largest absolute Gasteiger partial charge is 0.236 e. The third kappa shape index (κ3) is 1.16. The van der Waals surface area contributed by atoms with Gasteiger partial charge in [-0.3, -0.25) is 0 Å². The molecule has 0 unspecified atom stereocenters. The van der Waals surface area contributed by atoms with E-state index in [1.807, 2.05) is 37.3 Å². The molecular weight excluding hydrogens is 170 g/mol. The Hall–Kier alpha value is -1.08. The number of halogens is 1. The minimum atomic E-state index is 0.553. The lowest BCUT2D eigenvalue weighted by molar-refractivity contribution is 1.37. The van der Waals surface area contributed by atoms with Crippen molar-refractivity contribution in [2.75, 3.05) is 0 Å². The molecule has 0 aliphatic rings. The monoisotopic (exact) mass is 177 g/mol. The lowest BCUT2D eigenvalue weighted by atomic mass is 10.1. The molecule has 0 N–H and O–H groups in total. The summed E-state index contributed by atoms with van der Waals surface area (Å²) >= 11 is 5.78. The van der Waals surface area contributed by atoms with Crippen LogP contribution < -0.4 is 0 Å². The average Bonchev–Trinajstić information content (AvgIpc) is 2.07. The van der Waals surface area contributed by atoms with Crippen molar-refractivity contribution in [2.45, 2.75) is 6.92 Å². The fourth-order valence-electron chi connectivity index (χ4n) is 1.27. The molecular formula is C10H8ClN. The summed E-state index contributed by atoms with van der Waals surface area (Å²) in [5.74, 6) is 0. The van der Waals surface area contributed by atoms with Gasteiger partial charge in [-0.2, -0.15) is 0 Å². The lowest BCUT2D eigenvalue weighted by Gasteiger charge is -1.99. The van der Waals surface area contributed by atoms with Crippen molar-refractivity contribution in [3.8, 4) is 0 Å². The van der Waals surface area contributed by atoms with E-state index in [1.54, 1.807) is 0 Å². The Balaban J connectivity index is 2.88. The van der Waals surface area contributed by atoms with Crippen molar-refractivity contribution < 1.29 is 0 Å². The van der Waals surface area contributed by atoms with E-state index in [1.165, 1.54) is 0 Å². The standard InChI is InChI=1S/C10H8ClN/c1-7-3-2-4-8-5-6-9(11)12-10(7)8/h2-6H,1H3. The van der Waals surface area contributed by atoms with Crippen LogP contribution >= 0.6 is 11.6 Å². The van der Waals surface area contributed by atoms with Crippen LogP contribution in [0.3, 0.4) is 0 Å². The summed E-state index contributed by atoms with van der Waals surface area (Å²) in [5.41, 5.74) is 2.15. The number of para-hydroxylation sites is 1. The molecule has 0 bridgehead atoms. The topological polar surface area (TPSA) is 12.9 Å². The maximum atomic E-state index is 5.78. The zero-order valence-electron chi connectivity index (χ0n) is 6.71. The van der Waals surface area contributed by atoms with Gasteiger partial charge in [0.2, 0.25) is 0 Å². The second kappa shape index (κ2) is 2.76. The van der Waals surface area contributed by atoms with Gasteiger partial charge < -0.3 is 0 Å². The van der Waals surface area contributed by atoms with Crippen molar-refractivity contribution in [2.24, 2.45) is 0 Å². The molecule has 0 amide bonds. The Labute approximate surface area is 76.0 Å². The Bertz CT molecular complexity index is 423. The van der Waals surface area contributed by atoms with Crippen LogP contribution in [0.4, 0.5) is 0 Å². The predicted octanol–water partition coefficient (Wildman–Crippen LogP) is 3.20. The number of fused-ring (bicyclic) bond motifs is 1. The minimum absolute atomic E-state index is 0.553. The maximum Gasteiger partial charge on any atom is 0.129 e. The van der Waals surface area contributed by atoms with E-state index in [2.05, 4.69) is 4.98 Å². The Morgan fingerprint density at radius 1 is 1.17 bits per heavy atom. The summed E-state index contributed by atoms with van der Waals surface area (Å²) in [6.45, 7) is 2.03. The molecule has 0 saturated carbocycles. The van der Waals surface area contributed by atoms with E-state index in [0.717, 1.165) is 16.5 Å². The van der Waals surface area contributed by atoms with E-state index in [0.29, 0.717) is 5.15 Å². The summed E-state index contributed by atoms with van der Waals surface area (Å²) in [6.07, 6.45) is 0. The molecule has 0 aliphatic heterocycles. The summed E-state index contributed by atoms with van der Waals surface area (Å²) in [6, 6.07) is 9.88. The van der Waals surface area contributed by atoms with E-state index in [-0.39, 0.29) is 0 Å². The molecule has 1 heterocycles. The Morgan fingerprint density at radius 2 is 2.00 bits per heavy atom. The highest BCUT2D eigenvalue weighted by Gasteiger charge is 1.97. The van der Waals surface area contributed by atoms with Gasteiger partial charge in [-0.15, -0.1) is 0 Å². The summed E-state index contributed by atoms with van der Waals surface area (Å²) in [5, 5.41) is 1.69. The van der Waals surface area contributed by atoms with E-state index in [4.69, 9.17) is 11.6 Å². The lowest BCUT2D eigenvalue weighted by Crippen LogP contribution is -1.82. The molecule has 0 atom stereocenters. The fourth-order valence-corrected chi connectivity index (χ4v) is 1.42. The van der Waals surface area contributed by atoms with Gasteiger partial charge in [0, 0.05) is 5.39 Å². The molecule has 0 fully saturated rings. The third-order valence-electron chi connectivity index (χ3n) is 1.89. The first kappa shape index (κ1) is 7.56. The molecule has 2 aromatic rings. The van der Waals surface area contributed by atoms with Crippen molar-refractivity contribution in [3.63, 3.8) is 0 Å². The molecule has 0 radical (unpaired) electrons. The molecule has 60 valence electrons. The van der Waals surface area contributed by atoms with Gasteiger partial charge in [0.05, 0.1) is 5.52 Å². The van der Waals surface area contributed by atoms with Crippen molar-refractivity contribution in [1.29, 1.82) is 0 Å². The van der Waals surface area contributed by atoms with Crippen molar-refractivity contribution in [1.82, 2.24) is 4.98 Å². The highest BCUT2D eigenvalue weighted by molar-refractivity contribution is 6.29. The van der Waals surface area contributed by atoms with Crippen LogP contribution in [0.25, 0.3) is 10.9 Å². The van der Waals surface area contributed by atoms with E-state index < -0.39 is 0 Å². The van der Waals surface area contributed by atoms with Crippen LogP contribution in [-0.2, 0) is 0 Å². The summed E-state index contributed by atoms with van der Waals surface area (Å²) < 4.78 is 0. The SMILES string of the molecule is Cc1cccc2ccc(Cl)nc12. The van der Waals surface area contributed by atoms with Crippen molar-refractivity contribution in [3.05, 3.63) is 41.0 Å². The quantitative estimate of drug-likeness (QED) is 0.564. The molecule has 2 rings (SSSR count). The first-order valence-corrected chi connectivity index (χ1v) is 4.17. The van der Waals surface area contributed by atoms with Gasteiger partial charge in [0.25, 0.3) is 0 Å². The number of rotatable bonds is 0. The molecule has 0 spiro atoms. The van der Waals surface area contributed by atoms with Gasteiger partial charge in [-0.25, -0.2) is 4.98 Å². The van der Waals surface area contributed by atoms with Crippen LogP contribution in [0.15, 0.2) is 30.3 Å². The molecule has 0 saturated heterocycles. The highest BCUT2D eigenvalue weighted by Crippen LogP contribution is 2.17. The molecule has 1 aromatic heterocycles. The first-order chi connectivity index (χ1) is 5.77. The molecule has 1 aromatic carbocycles. The van der Waals surface area contributed by atoms with Gasteiger partial charge >= 0.3 is 0 Å². The maximum absolute atomic E-state index is 5.78. The molecule has 0 aliphatic carbocycles. The average molecular weight is 178 g/mol. The second-order valence-corrected chi connectivity index (χ2v) is 3.17. The number of aromatic nitrogens is 1. The molecule has 12 heavy (non-hydrogen) atoms. The second-order valence-electron chi connectivity index (χ2n) is 2.78. The normalized spacial score (nSPS) is 10.5. The number of nitrogens with zero attached hydrogens (tertiary/aromatic N) is 1. The van der Waals surface area contributed by atoms with Crippen molar-refractivity contribution >= 4 is 22.5 Å². The summed E-state index contributed by atoms with van der Waals surface area (Å²) in [7, 11) is 0. The Kier molecular flexibility index (Phi) is 1.74. The van der Waals surface area contributed by atoms with Gasteiger partial charge in [-0.1, -0.05) is 29.8 Å². The summed E-state index contributed by atoms with van der Waals surface area (Å²) in [4.78, 5) is 4.24. The first-order valence-electron chi connectivity index (χ1n) is 3.79. The number of benzene rings is 1. The van der Waals surface area contributed by atoms with Gasteiger partial charge in [-0.05, 0) is 24.6 Å². The number of hydrogen-bond acceptors (Lipinski definition) is 1. The van der Waals surface area contributed by atoms with Crippen LogP contribution in [-0.4, -0.2) is 4.98 Å². The molecule has 2 heteroatoms. The molecule has 1 nitrogen and oxygen atoms in total. The number of hydrogen-bond donors (Lipinski definition) is 0. The van der Waals surface area contributed by atoms with E-state index in [9.17, 15) is 0 Å². The fraction of sp³-hybridized carbons (Fsp3) is 0.100. The smallest absolute Gasteiger partial charge is 0.129 e. The minimum Gasteiger partial charge on any atom is -0.236 e.